The van der Waals surface area contributed by atoms with Crippen molar-refractivity contribution >= 4 is 0 Å². The lowest BCUT2D eigenvalue weighted by Gasteiger charge is -2.33. The van der Waals surface area contributed by atoms with E-state index in [9.17, 15) is 0 Å². The molecule has 2 saturated heterocycles. The maximum atomic E-state index is 6.06. The Morgan fingerprint density at radius 3 is 2.39 bits per heavy atom. The fourth-order valence-electron chi connectivity index (χ4n) is 2.97. The minimum absolute atomic E-state index is 0.207. The SMILES string of the molecule is COc1ccc(C2OC[C@H]3O[C@H](OC)[C@H](OC)[C@H]3O2)cc1OC. The van der Waals surface area contributed by atoms with Crippen LogP contribution in [0.25, 0.3) is 0 Å². The van der Waals surface area contributed by atoms with E-state index in [2.05, 4.69) is 0 Å². The van der Waals surface area contributed by atoms with E-state index in [0.717, 1.165) is 5.56 Å². The molecule has 128 valence electrons. The van der Waals surface area contributed by atoms with Gasteiger partial charge in [0.1, 0.15) is 18.3 Å². The van der Waals surface area contributed by atoms with Gasteiger partial charge in [-0.05, 0) is 12.1 Å². The van der Waals surface area contributed by atoms with Crippen LogP contribution in [0, 0.1) is 0 Å². The zero-order valence-electron chi connectivity index (χ0n) is 13.7. The van der Waals surface area contributed by atoms with E-state index in [0.29, 0.717) is 18.1 Å². The molecule has 1 aromatic rings. The predicted molar refractivity (Wildman–Crippen MR) is 79.6 cm³/mol. The highest BCUT2D eigenvalue weighted by atomic mass is 16.8. The molecule has 0 spiro atoms. The second kappa shape index (κ2) is 7.02. The summed E-state index contributed by atoms with van der Waals surface area (Å²) in [6.07, 6.45) is -1.73. The molecule has 7 nitrogen and oxygen atoms in total. The summed E-state index contributed by atoms with van der Waals surface area (Å²) in [5, 5.41) is 0. The van der Waals surface area contributed by atoms with Crippen LogP contribution in [0.4, 0.5) is 0 Å². The van der Waals surface area contributed by atoms with E-state index in [-0.39, 0.29) is 18.3 Å². The van der Waals surface area contributed by atoms with Gasteiger partial charge in [-0.25, -0.2) is 0 Å². The Morgan fingerprint density at radius 1 is 0.957 bits per heavy atom. The first-order chi connectivity index (χ1) is 11.2. The van der Waals surface area contributed by atoms with Gasteiger partial charge in [-0.3, -0.25) is 0 Å². The van der Waals surface area contributed by atoms with Crippen LogP contribution in [0.15, 0.2) is 18.2 Å². The molecule has 0 aromatic heterocycles. The highest BCUT2D eigenvalue weighted by Crippen LogP contribution is 2.38. The average Bonchev–Trinajstić information content (AvgIpc) is 2.97. The van der Waals surface area contributed by atoms with E-state index < -0.39 is 12.6 Å². The van der Waals surface area contributed by atoms with Gasteiger partial charge in [0, 0.05) is 19.8 Å². The van der Waals surface area contributed by atoms with Gasteiger partial charge in [0.25, 0.3) is 0 Å². The van der Waals surface area contributed by atoms with Crippen LogP contribution < -0.4 is 9.47 Å². The summed E-state index contributed by atoms with van der Waals surface area (Å²) in [7, 11) is 6.39. The summed E-state index contributed by atoms with van der Waals surface area (Å²) in [5.41, 5.74) is 0.844. The largest absolute Gasteiger partial charge is 0.493 e. The van der Waals surface area contributed by atoms with Crippen molar-refractivity contribution in [3.05, 3.63) is 23.8 Å². The van der Waals surface area contributed by atoms with E-state index >= 15 is 0 Å². The molecule has 5 atom stereocenters. The molecule has 1 aromatic carbocycles. The molecule has 23 heavy (non-hydrogen) atoms. The second-order valence-electron chi connectivity index (χ2n) is 5.36. The van der Waals surface area contributed by atoms with Gasteiger partial charge >= 0.3 is 0 Å². The summed E-state index contributed by atoms with van der Waals surface area (Å²) in [4.78, 5) is 0. The Hall–Kier alpha value is -1.38. The van der Waals surface area contributed by atoms with Crippen LogP contribution in [0.2, 0.25) is 0 Å². The lowest BCUT2D eigenvalue weighted by molar-refractivity contribution is -0.254. The summed E-state index contributed by atoms with van der Waals surface area (Å²) >= 11 is 0. The normalized spacial score (nSPS) is 33.3. The van der Waals surface area contributed by atoms with Crippen molar-refractivity contribution in [2.75, 3.05) is 35.0 Å². The lowest BCUT2D eigenvalue weighted by Crippen LogP contribution is -2.43. The van der Waals surface area contributed by atoms with E-state index in [1.165, 1.54) is 0 Å². The Bertz CT molecular complexity index is 535. The molecule has 2 fully saturated rings. The van der Waals surface area contributed by atoms with E-state index in [1.54, 1.807) is 28.4 Å². The van der Waals surface area contributed by atoms with Gasteiger partial charge in [-0.15, -0.1) is 0 Å². The first-order valence-electron chi connectivity index (χ1n) is 7.41. The standard InChI is InChI=1S/C16H22O7/c1-17-10-6-5-9(7-11(10)18-2)15-21-8-12-13(23-15)14(19-3)16(20-4)22-12/h5-7,12-16H,8H2,1-4H3/t12-,13+,14-,15?,16+/m1/s1. The third-order valence-electron chi connectivity index (χ3n) is 4.14. The molecule has 3 rings (SSSR count). The van der Waals surface area contributed by atoms with Crippen LogP contribution in [-0.2, 0) is 23.7 Å². The summed E-state index contributed by atoms with van der Waals surface area (Å²) in [6, 6.07) is 5.55. The van der Waals surface area contributed by atoms with E-state index in [4.69, 9.17) is 33.2 Å². The third kappa shape index (κ3) is 3.02. The lowest BCUT2D eigenvalue weighted by atomic mass is 10.1. The highest BCUT2D eigenvalue weighted by molar-refractivity contribution is 5.43. The summed E-state index contributed by atoms with van der Waals surface area (Å²) < 4.78 is 38.9. The zero-order valence-corrected chi connectivity index (χ0v) is 13.7. The Labute approximate surface area is 135 Å². The molecule has 0 bridgehead atoms. The van der Waals surface area contributed by atoms with Crippen molar-refractivity contribution in [2.24, 2.45) is 0 Å². The first-order valence-corrected chi connectivity index (χ1v) is 7.41. The molecule has 0 amide bonds. The molecule has 0 N–H and O–H groups in total. The van der Waals surface area contributed by atoms with E-state index in [1.807, 2.05) is 18.2 Å². The van der Waals surface area contributed by atoms with Crippen molar-refractivity contribution in [2.45, 2.75) is 30.9 Å². The second-order valence-corrected chi connectivity index (χ2v) is 5.36. The van der Waals surface area contributed by atoms with Gasteiger partial charge in [0.05, 0.1) is 20.8 Å². The first kappa shape index (κ1) is 16.5. The molecule has 7 heteroatoms. The number of methoxy groups -OCH3 is 4. The fraction of sp³-hybridized carbons (Fsp3) is 0.625. The zero-order chi connectivity index (χ0) is 16.4. The molecular weight excluding hydrogens is 304 g/mol. The van der Waals surface area contributed by atoms with Crippen LogP contribution in [-0.4, -0.2) is 59.6 Å². The van der Waals surface area contributed by atoms with Gasteiger partial charge in [0.15, 0.2) is 24.1 Å². The number of fused-ring (bicyclic) bond motifs is 1. The minimum Gasteiger partial charge on any atom is -0.493 e. The highest BCUT2D eigenvalue weighted by Gasteiger charge is 2.50. The Kier molecular flexibility index (Phi) is 5.03. The van der Waals surface area contributed by atoms with Crippen LogP contribution in [0.5, 0.6) is 11.5 Å². The predicted octanol–water partition coefficient (Wildman–Crippen LogP) is 1.50. The molecule has 2 aliphatic rings. The fourth-order valence-corrected chi connectivity index (χ4v) is 2.97. The molecule has 0 radical (unpaired) electrons. The third-order valence-corrected chi connectivity index (χ3v) is 4.14. The topological polar surface area (TPSA) is 64.6 Å². The van der Waals surface area contributed by atoms with Crippen LogP contribution in [0.1, 0.15) is 11.9 Å². The average molecular weight is 326 g/mol. The van der Waals surface area contributed by atoms with Crippen molar-refractivity contribution in [1.82, 2.24) is 0 Å². The molecule has 0 saturated carbocycles. The summed E-state index contributed by atoms with van der Waals surface area (Å²) in [5.74, 6) is 1.28. The van der Waals surface area contributed by atoms with Gasteiger partial charge in [-0.1, -0.05) is 6.07 Å². The van der Waals surface area contributed by atoms with Crippen LogP contribution in [0.3, 0.4) is 0 Å². The van der Waals surface area contributed by atoms with Crippen molar-refractivity contribution < 1.29 is 33.2 Å². The maximum absolute atomic E-state index is 6.06. The van der Waals surface area contributed by atoms with Crippen LogP contribution >= 0.6 is 0 Å². The number of rotatable bonds is 5. The smallest absolute Gasteiger partial charge is 0.186 e. The minimum atomic E-state index is -0.520. The van der Waals surface area contributed by atoms with Gasteiger partial charge in [-0.2, -0.15) is 0 Å². The molecule has 2 aliphatic heterocycles. The Balaban J connectivity index is 1.78. The van der Waals surface area contributed by atoms with Gasteiger partial charge < -0.3 is 33.2 Å². The number of hydrogen-bond donors (Lipinski definition) is 0. The van der Waals surface area contributed by atoms with Crippen molar-refractivity contribution in [3.8, 4) is 11.5 Å². The molecule has 0 aliphatic carbocycles. The quantitative estimate of drug-likeness (QED) is 0.812. The van der Waals surface area contributed by atoms with Crippen molar-refractivity contribution in [3.63, 3.8) is 0 Å². The summed E-state index contributed by atoms with van der Waals surface area (Å²) in [6.45, 7) is 0.406. The number of ether oxygens (including phenoxy) is 7. The monoisotopic (exact) mass is 326 g/mol. The van der Waals surface area contributed by atoms with Crippen molar-refractivity contribution in [1.29, 1.82) is 0 Å². The molecular formula is C16H22O7. The number of hydrogen-bond acceptors (Lipinski definition) is 7. The molecule has 1 unspecified atom stereocenters. The Morgan fingerprint density at radius 2 is 1.74 bits per heavy atom. The van der Waals surface area contributed by atoms with Gasteiger partial charge in [0.2, 0.25) is 0 Å². The maximum Gasteiger partial charge on any atom is 0.186 e. The number of benzene rings is 1. The molecule has 2 heterocycles.